The second-order valence-electron chi connectivity index (χ2n) is 3.59. The number of carbonyl (C=O) groups is 1. The molecule has 2 nitrogen and oxygen atoms in total. The van der Waals surface area contributed by atoms with Crippen LogP contribution in [0.3, 0.4) is 0 Å². The summed E-state index contributed by atoms with van der Waals surface area (Å²) in [6.07, 6.45) is 0. The number of carbonyl (C=O) groups excluding carboxylic acids is 1. The predicted octanol–water partition coefficient (Wildman–Crippen LogP) is 4.32. The minimum atomic E-state index is -0.472. The molecule has 4 heteroatoms. The zero-order valence-electron chi connectivity index (χ0n) is 8.64. The lowest BCUT2D eigenvalue weighted by Crippen LogP contribution is -1.97. The minimum Gasteiger partial charge on any atom is -0.455 e. The van der Waals surface area contributed by atoms with E-state index in [2.05, 4.69) is 0 Å². The summed E-state index contributed by atoms with van der Waals surface area (Å²) in [5.41, 5.74) is 0.449. The molecule has 3 rings (SSSR count). The Morgan fingerprint density at radius 3 is 2.65 bits per heavy atom. The lowest BCUT2D eigenvalue weighted by atomic mass is 10.2. The molecule has 1 aliphatic rings. The van der Waals surface area contributed by atoms with Crippen molar-refractivity contribution in [1.82, 2.24) is 0 Å². The van der Waals surface area contributed by atoms with Crippen LogP contribution >= 0.6 is 23.4 Å². The first-order valence-electron chi connectivity index (χ1n) is 5.02. The van der Waals surface area contributed by atoms with Crippen molar-refractivity contribution in [2.24, 2.45) is 0 Å². The fourth-order valence-electron chi connectivity index (χ4n) is 1.65. The summed E-state index contributed by atoms with van der Waals surface area (Å²) in [6, 6.07) is 13.0. The molecular formula is C13H7ClO2S. The van der Waals surface area contributed by atoms with Gasteiger partial charge in [0.05, 0.1) is 9.79 Å². The van der Waals surface area contributed by atoms with Crippen molar-refractivity contribution < 1.29 is 9.53 Å². The summed E-state index contributed by atoms with van der Waals surface area (Å²) in [5.74, 6) is 1.49. The summed E-state index contributed by atoms with van der Waals surface area (Å²) < 4.78 is 5.74. The van der Waals surface area contributed by atoms with Gasteiger partial charge in [0.25, 0.3) is 5.24 Å². The molecule has 0 spiro atoms. The third kappa shape index (κ3) is 1.92. The van der Waals surface area contributed by atoms with Crippen LogP contribution in [0.4, 0.5) is 0 Å². The molecule has 0 bridgehead atoms. The molecule has 17 heavy (non-hydrogen) atoms. The molecule has 1 aliphatic heterocycles. The molecule has 84 valence electrons. The first-order valence-corrected chi connectivity index (χ1v) is 6.22. The fourth-order valence-corrected chi connectivity index (χ4v) is 2.70. The third-order valence-electron chi connectivity index (χ3n) is 2.46. The molecule has 0 N–H and O–H groups in total. The standard InChI is InChI=1S/C13H7ClO2S/c14-13(15)8-5-6-12-10(7-8)16-9-3-1-2-4-11(9)17-12/h1-7H. The lowest BCUT2D eigenvalue weighted by molar-refractivity contribution is 0.108. The Labute approximate surface area is 108 Å². The molecule has 0 aliphatic carbocycles. The van der Waals surface area contributed by atoms with Gasteiger partial charge in [-0.25, -0.2) is 0 Å². The van der Waals surface area contributed by atoms with E-state index in [0.717, 1.165) is 15.5 Å². The van der Waals surface area contributed by atoms with Crippen LogP contribution in [0.15, 0.2) is 52.3 Å². The number of hydrogen-bond acceptors (Lipinski definition) is 3. The number of halogens is 1. The number of rotatable bonds is 1. The predicted molar refractivity (Wildman–Crippen MR) is 67.3 cm³/mol. The Balaban J connectivity index is 2.06. The van der Waals surface area contributed by atoms with Crippen molar-refractivity contribution >= 4 is 28.6 Å². The van der Waals surface area contributed by atoms with E-state index in [9.17, 15) is 4.79 Å². The van der Waals surface area contributed by atoms with Crippen LogP contribution in [-0.2, 0) is 0 Å². The fraction of sp³-hybridized carbons (Fsp3) is 0. The number of benzene rings is 2. The van der Waals surface area contributed by atoms with E-state index in [0.29, 0.717) is 11.3 Å². The van der Waals surface area contributed by atoms with Crippen molar-refractivity contribution in [2.45, 2.75) is 9.79 Å². The maximum Gasteiger partial charge on any atom is 0.252 e. The average Bonchev–Trinajstić information content (AvgIpc) is 2.35. The summed E-state index contributed by atoms with van der Waals surface area (Å²) in [5, 5.41) is -0.472. The van der Waals surface area contributed by atoms with Gasteiger partial charge in [0.2, 0.25) is 0 Å². The van der Waals surface area contributed by atoms with E-state index in [1.165, 1.54) is 0 Å². The Bertz CT molecular complexity index is 610. The quantitative estimate of drug-likeness (QED) is 0.611. The zero-order valence-corrected chi connectivity index (χ0v) is 10.2. The molecule has 0 fully saturated rings. The van der Waals surface area contributed by atoms with E-state index >= 15 is 0 Å². The summed E-state index contributed by atoms with van der Waals surface area (Å²) in [4.78, 5) is 13.1. The molecule has 0 aromatic heterocycles. The Hall–Kier alpha value is -1.45. The van der Waals surface area contributed by atoms with Crippen molar-refractivity contribution in [3.63, 3.8) is 0 Å². The molecule has 0 amide bonds. The highest BCUT2D eigenvalue weighted by Crippen LogP contribution is 2.46. The summed E-state index contributed by atoms with van der Waals surface area (Å²) >= 11 is 7.07. The van der Waals surface area contributed by atoms with E-state index in [1.54, 1.807) is 23.9 Å². The van der Waals surface area contributed by atoms with Crippen molar-refractivity contribution in [3.8, 4) is 11.5 Å². The molecule has 1 heterocycles. The molecule has 0 saturated carbocycles. The van der Waals surface area contributed by atoms with Crippen LogP contribution in [0.2, 0.25) is 0 Å². The molecule has 0 atom stereocenters. The molecular weight excluding hydrogens is 256 g/mol. The number of ether oxygens (including phenoxy) is 1. The maximum atomic E-state index is 11.1. The first kappa shape index (κ1) is 10.7. The Morgan fingerprint density at radius 1 is 1.06 bits per heavy atom. The molecule has 2 aromatic rings. The van der Waals surface area contributed by atoms with E-state index < -0.39 is 5.24 Å². The van der Waals surface area contributed by atoms with Crippen LogP contribution in [0.5, 0.6) is 11.5 Å². The van der Waals surface area contributed by atoms with Crippen LogP contribution < -0.4 is 4.74 Å². The van der Waals surface area contributed by atoms with Gasteiger partial charge in [-0.1, -0.05) is 23.9 Å². The van der Waals surface area contributed by atoms with Crippen molar-refractivity contribution in [3.05, 3.63) is 48.0 Å². The average molecular weight is 263 g/mol. The highest BCUT2D eigenvalue weighted by molar-refractivity contribution is 7.99. The Kier molecular flexibility index (Phi) is 2.57. The topological polar surface area (TPSA) is 26.3 Å². The molecule has 2 aromatic carbocycles. The van der Waals surface area contributed by atoms with Gasteiger partial charge in [0.15, 0.2) is 0 Å². The van der Waals surface area contributed by atoms with Gasteiger partial charge in [-0.15, -0.1) is 0 Å². The third-order valence-corrected chi connectivity index (χ3v) is 3.79. The van der Waals surface area contributed by atoms with Gasteiger partial charge in [-0.05, 0) is 41.9 Å². The van der Waals surface area contributed by atoms with Gasteiger partial charge in [0.1, 0.15) is 11.5 Å². The normalized spacial score (nSPS) is 12.3. The van der Waals surface area contributed by atoms with E-state index in [4.69, 9.17) is 16.3 Å². The van der Waals surface area contributed by atoms with Gasteiger partial charge >= 0.3 is 0 Å². The highest BCUT2D eigenvalue weighted by Gasteiger charge is 2.18. The van der Waals surface area contributed by atoms with Crippen LogP contribution in [0.25, 0.3) is 0 Å². The lowest BCUT2D eigenvalue weighted by Gasteiger charge is -2.19. The summed E-state index contributed by atoms with van der Waals surface area (Å²) in [6.45, 7) is 0. The zero-order chi connectivity index (χ0) is 11.8. The van der Waals surface area contributed by atoms with E-state index in [-0.39, 0.29) is 0 Å². The smallest absolute Gasteiger partial charge is 0.252 e. The number of fused-ring (bicyclic) bond motifs is 2. The van der Waals surface area contributed by atoms with Gasteiger partial charge in [-0.3, -0.25) is 4.79 Å². The van der Waals surface area contributed by atoms with E-state index in [1.807, 2.05) is 30.3 Å². The van der Waals surface area contributed by atoms with Gasteiger partial charge in [0, 0.05) is 5.56 Å². The SMILES string of the molecule is O=C(Cl)c1ccc2c(c1)Oc1ccccc1S2. The maximum absolute atomic E-state index is 11.1. The van der Waals surface area contributed by atoms with Gasteiger partial charge < -0.3 is 4.74 Å². The monoisotopic (exact) mass is 262 g/mol. The number of para-hydroxylation sites is 1. The van der Waals surface area contributed by atoms with Crippen molar-refractivity contribution in [1.29, 1.82) is 0 Å². The highest BCUT2D eigenvalue weighted by atomic mass is 35.5. The molecule has 0 radical (unpaired) electrons. The van der Waals surface area contributed by atoms with Crippen LogP contribution in [0.1, 0.15) is 10.4 Å². The van der Waals surface area contributed by atoms with Crippen LogP contribution in [0, 0.1) is 0 Å². The minimum absolute atomic E-state index is 0.449. The second-order valence-corrected chi connectivity index (χ2v) is 5.01. The molecule has 0 unspecified atom stereocenters. The number of hydrogen-bond donors (Lipinski definition) is 0. The van der Waals surface area contributed by atoms with Crippen LogP contribution in [-0.4, -0.2) is 5.24 Å². The second kappa shape index (κ2) is 4.09. The largest absolute Gasteiger partial charge is 0.455 e. The van der Waals surface area contributed by atoms with Gasteiger partial charge in [-0.2, -0.15) is 0 Å². The first-order chi connectivity index (χ1) is 8.24. The molecule has 0 saturated heterocycles. The summed E-state index contributed by atoms with van der Waals surface area (Å²) in [7, 11) is 0. The van der Waals surface area contributed by atoms with Crippen molar-refractivity contribution in [2.75, 3.05) is 0 Å². The Morgan fingerprint density at radius 2 is 1.82 bits per heavy atom.